The van der Waals surface area contributed by atoms with Crippen molar-refractivity contribution in [2.24, 2.45) is 0 Å². The summed E-state index contributed by atoms with van der Waals surface area (Å²) < 4.78 is 10.5. The molecule has 1 aromatic heterocycles. The fraction of sp³-hybridized carbons (Fsp3) is 0.375. The average molecular weight is 320 g/mol. The summed E-state index contributed by atoms with van der Waals surface area (Å²) in [7, 11) is 3.20. The van der Waals surface area contributed by atoms with E-state index < -0.39 is 0 Å². The fourth-order valence-corrected chi connectivity index (χ4v) is 2.75. The highest BCUT2D eigenvalue weighted by Crippen LogP contribution is 2.27. The second kappa shape index (κ2) is 7.79. The number of hydrogen-bond acceptors (Lipinski definition) is 5. The van der Waals surface area contributed by atoms with Gasteiger partial charge in [-0.3, -0.25) is 4.79 Å². The topological polar surface area (TPSA) is 60.5 Å². The molecule has 0 atom stereocenters. The van der Waals surface area contributed by atoms with Crippen LogP contribution in [0.3, 0.4) is 0 Å². The van der Waals surface area contributed by atoms with Crippen molar-refractivity contribution < 1.29 is 14.3 Å². The van der Waals surface area contributed by atoms with Crippen LogP contribution in [-0.4, -0.2) is 25.1 Å². The number of amides is 1. The third-order valence-electron chi connectivity index (χ3n) is 3.19. The largest absolute Gasteiger partial charge is 0.493 e. The molecule has 2 rings (SSSR count). The van der Waals surface area contributed by atoms with Gasteiger partial charge in [-0.25, -0.2) is 4.98 Å². The van der Waals surface area contributed by atoms with Gasteiger partial charge in [0.05, 0.1) is 20.8 Å². The maximum absolute atomic E-state index is 11.9. The van der Waals surface area contributed by atoms with E-state index in [1.54, 1.807) is 25.6 Å². The number of nitrogens with one attached hydrogen (secondary N) is 1. The van der Waals surface area contributed by atoms with Crippen molar-refractivity contribution in [3.05, 3.63) is 39.8 Å². The normalized spacial score (nSPS) is 10.3. The van der Waals surface area contributed by atoms with E-state index in [1.165, 1.54) is 0 Å². The number of thiazole rings is 1. The highest BCUT2D eigenvalue weighted by molar-refractivity contribution is 7.09. The molecule has 0 saturated carbocycles. The minimum absolute atomic E-state index is 0.0163. The van der Waals surface area contributed by atoms with Crippen LogP contribution in [0.1, 0.15) is 22.7 Å². The molecule has 1 aromatic carbocycles. The third kappa shape index (κ3) is 4.46. The molecule has 0 radical (unpaired) electrons. The van der Waals surface area contributed by atoms with Gasteiger partial charge in [-0.05, 0) is 31.0 Å². The van der Waals surface area contributed by atoms with Crippen LogP contribution in [0.4, 0.5) is 0 Å². The molecule has 0 saturated heterocycles. The van der Waals surface area contributed by atoms with Crippen LogP contribution in [-0.2, 0) is 17.8 Å². The first kappa shape index (κ1) is 16.3. The zero-order valence-corrected chi connectivity index (χ0v) is 13.8. The molecule has 118 valence electrons. The van der Waals surface area contributed by atoms with Crippen molar-refractivity contribution in [2.75, 3.05) is 14.2 Å². The van der Waals surface area contributed by atoms with Crippen LogP contribution in [0, 0.1) is 6.92 Å². The lowest BCUT2D eigenvalue weighted by atomic mass is 10.1. The van der Waals surface area contributed by atoms with E-state index in [4.69, 9.17) is 9.47 Å². The number of benzene rings is 1. The van der Waals surface area contributed by atoms with Crippen molar-refractivity contribution in [1.29, 1.82) is 0 Å². The lowest BCUT2D eigenvalue weighted by Gasteiger charge is -2.09. The minimum Gasteiger partial charge on any atom is -0.493 e. The zero-order chi connectivity index (χ0) is 15.9. The molecule has 0 spiro atoms. The Balaban J connectivity index is 1.83. The van der Waals surface area contributed by atoms with E-state index in [9.17, 15) is 4.79 Å². The molecular formula is C16H20N2O3S. The molecule has 0 unspecified atom stereocenters. The Morgan fingerprint density at radius 2 is 2.05 bits per heavy atom. The van der Waals surface area contributed by atoms with Gasteiger partial charge in [0.15, 0.2) is 11.5 Å². The SMILES string of the molecule is COc1ccc(CCC(=O)NCc2nc(C)cs2)cc1OC. The minimum atomic E-state index is 0.0163. The van der Waals surface area contributed by atoms with E-state index in [1.807, 2.05) is 30.5 Å². The molecule has 0 aliphatic heterocycles. The highest BCUT2D eigenvalue weighted by Gasteiger charge is 2.07. The molecule has 1 amide bonds. The summed E-state index contributed by atoms with van der Waals surface area (Å²) in [5, 5.41) is 5.79. The van der Waals surface area contributed by atoms with Gasteiger partial charge >= 0.3 is 0 Å². The van der Waals surface area contributed by atoms with Gasteiger partial charge in [0, 0.05) is 17.5 Å². The smallest absolute Gasteiger partial charge is 0.220 e. The van der Waals surface area contributed by atoms with Crippen molar-refractivity contribution in [1.82, 2.24) is 10.3 Å². The van der Waals surface area contributed by atoms with E-state index in [0.29, 0.717) is 30.9 Å². The molecule has 22 heavy (non-hydrogen) atoms. The number of hydrogen-bond donors (Lipinski definition) is 1. The van der Waals surface area contributed by atoms with Crippen molar-refractivity contribution >= 4 is 17.2 Å². The first-order valence-corrected chi connectivity index (χ1v) is 7.89. The van der Waals surface area contributed by atoms with Gasteiger partial charge in [-0.2, -0.15) is 0 Å². The highest BCUT2D eigenvalue weighted by atomic mass is 32.1. The van der Waals surface area contributed by atoms with Crippen LogP contribution >= 0.6 is 11.3 Å². The number of rotatable bonds is 7. The summed E-state index contributed by atoms with van der Waals surface area (Å²) in [6.45, 7) is 2.43. The standard InChI is InChI=1S/C16H20N2O3S/c1-11-10-22-16(18-11)9-17-15(19)7-5-12-4-6-13(20-2)14(8-12)21-3/h4,6,8,10H,5,7,9H2,1-3H3,(H,17,19). The zero-order valence-electron chi connectivity index (χ0n) is 13.0. The summed E-state index contributed by atoms with van der Waals surface area (Å²) in [6.07, 6.45) is 1.09. The van der Waals surface area contributed by atoms with Gasteiger partial charge in [-0.15, -0.1) is 11.3 Å². The number of carbonyl (C=O) groups is 1. The number of ether oxygens (including phenoxy) is 2. The third-order valence-corrected chi connectivity index (χ3v) is 4.16. The van der Waals surface area contributed by atoms with Crippen LogP contribution in [0.15, 0.2) is 23.6 Å². The molecule has 0 aliphatic carbocycles. The lowest BCUT2D eigenvalue weighted by Crippen LogP contribution is -2.22. The molecule has 1 N–H and O–H groups in total. The van der Waals surface area contributed by atoms with Crippen LogP contribution < -0.4 is 14.8 Å². The van der Waals surface area contributed by atoms with Gasteiger partial charge in [-0.1, -0.05) is 6.07 Å². The van der Waals surface area contributed by atoms with E-state index in [2.05, 4.69) is 10.3 Å². The number of carbonyl (C=O) groups excluding carboxylic acids is 1. The monoisotopic (exact) mass is 320 g/mol. The van der Waals surface area contributed by atoms with E-state index >= 15 is 0 Å². The summed E-state index contributed by atoms with van der Waals surface area (Å²) in [5.41, 5.74) is 2.03. The van der Waals surface area contributed by atoms with Crippen molar-refractivity contribution in [2.45, 2.75) is 26.3 Å². The van der Waals surface area contributed by atoms with Crippen LogP contribution in [0.2, 0.25) is 0 Å². The lowest BCUT2D eigenvalue weighted by molar-refractivity contribution is -0.121. The van der Waals surface area contributed by atoms with Gasteiger partial charge in [0.2, 0.25) is 5.91 Å². The molecule has 2 aromatic rings. The van der Waals surface area contributed by atoms with Gasteiger partial charge < -0.3 is 14.8 Å². The number of nitrogens with zero attached hydrogens (tertiary/aromatic N) is 1. The summed E-state index contributed by atoms with van der Waals surface area (Å²) in [6, 6.07) is 5.69. The van der Waals surface area contributed by atoms with Crippen LogP contribution in [0.25, 0.3) is 0 Å². The quantitative estimate of drug-likeness (QED) is 0.852. The second-order valence-electron chi connectivity index (χ2n) is 4.85. The Morgan fingerprint density at radius 1 is 1.27 bits per heavy atom. The average Bonchev–Trinajstić information content (AvgIpc) is 2.96. The molecule has 0 fully saturated rings. The summed E-state index contributed by atoms with van der Waals surface area (Å²) >= 11 is 1.56. The first-order valence-electron chi connectivity index (χ1n) is 7.01. The molecular weight excluding hydrogens is 300 g/mol. The molecule has 5 nitrogen and oxygen atoms in total. The Morgan fingerprint density at radius 3 is 2.68 bits per heavy atom. The van der Waals surface area contributed by atoms with Crippen molar-refractivity contribution in [3.63, 3.8) is 0 Å². The predicted molar refractivity (Wildman–Crippen MR) is 86.6 cm³/mol. The van der Waals surface area contributed by atoms with E-state index in [-0.39, 0.29) is 5.91 Å². The second-order valence-corrected chi connectivity index (χ2v) is 5.79. The number of aromatic nitrogens is 1. The maximum Gasteiger partial charge on any atom is 0.220 e. The Kier molecular flexibility index (Phi) is 5.77. The number of aryl methyl sites for hydroxylation is 2. The first-order chi connectivity index (χ1) is 10.6. The van der Waals surface area contributed by atoms with Crippen LogP contribution in [0.5, 0.6) is 11.5 Å². The number of methoxy groups -OCH3 is 2. The van der Waals surface area contributed by atoms with Crippen molar-refractivity contribution in [3.8, 4) is 11.5 Å². The van der Waals surface area contributed by atoms with Gasteiger partial charge in [0.1, 0.15) is 5.01 Å². The maximum atomic E-state index is 11.9. The van der Waals surface area contributed by atoms with Gasteiger partial charge in [0.25, 0.3) is 0 Å². The molecule has 1 heterocycles. The predicted octanol–water partition coefficient (Wildman–Crippen LogP) is 2.72. The molecule has 6 heteroatoms. The van der Waals surface area contributed by atoms with E-state index in [0.717, 1.165) is 16.3 Å². The fourth-order valence-electron chi connectivity index (χ4n) is 2.04. The molecule has 0 aliphatic rings. The Labute approximate surface area is 134 Å². The summed E-state index contributed by atoms with van der Waals surface area (Å²) in [5.74, 6) is 1.39. The molecule has 0 bridgehead atoms. The summed E-state index contributed by atoms with van der Waals surface area (Å²) in [4.78, 5) is 16.2. The Hall–Kier alpha value is -2.08. The Bertz CT molecular complexity index is 640.